The van der Waals surface area contributed by atoms with Crippen LogP contribution in [-0.4, -0.2) is 36.1 Å². The fourth-order valence-corrected chi connectivity index (χ4v) is 2.80. The van der Waals surface area contributed by atoms with Crippen LogP contribution in [0, 0.1) is 5.92 Å². The van der Waals surface area contributed by atoms with E-state index < -0.39 is 0 Å². The largest absolute Gasteiger partial charge is 0.311 e. The normalized spacial score (nSPS) is 29.6. The Hall–Kier alpha value is -0.0800. The smallest absolute Gasteiger partial charge is 0.0218 e. The molecule has 3 unspecified atom stereocenters. The minimum Gasteiger partial charge on any atom is -0.311 e. The molecule has 1 rings (SSSR count). The second-order valence-corrected chi connectivity index (χ2v) is 5.66. The summed E-state index contributed by atoms with van der Waals surface area (Å²) >= 11 is 0. The molecular formula is C14H30N2. The van der Waals surface area contributed by atoms with Crippen LogP contribution in [0.25, 0.3) is 0 Å². The van der Waals surface area contributed by atoms with E-state index in [1.807, 2.05) is 0 Å². The number of rotatable bonds is 5. The van der Waals surface area contributed by atoms with Gasteiger partial charge in [0.1, 0.15) is 0 Å². The summed E-state index contributed by atoms with van der Waals surface area (Å²) in [4.78, 5) is 2.74. The van der Waals surface area contributed by atoms with E-state index in [2.05, 4.69) is 44.8 Å². The van der Waals surface area contributed by atoms with Gasteiger partial charge in [-0.05, 0) is 25.7 Å². The molecule has 16 heavy (non-hydrogen) atoms. The van der Waals surface area contributed by atoms with Gasteiger partial charge in [0.15, 0.2) is 0 Å². The minimum absolute atomic E-state index is 0.683. The van der Waals surface area contributed by atoms with Gasteiger partial charge in [-0.25, -0.2) is 0 Å². The van der Waals surface area contributed by atoms with Crippen molar-refractivity contribution in [3.8, 4) is 0 Å². The highest BCUT2D eigenvalue weighted by atomic mass is 15.2. The number of piperazine rings is 1. The van der Waals surface area contributed by atoms with E-state index in [1.165, 1.54) is 25.8 Å². The van der Waals surface area contributed by atoms with Gasteiger partial charge in [-0.3, -0.25) is 4.90 Å². The third-order valence-electron chi connectivity index (χ3n) is 4.02. The lowest BCUT2D eigenvalue weighted by molar-refractivity contribution is 0.0712. The highest BCUT2D eigenvalue weighted by Gasteiger charge is 2.30. The van der Waals surface area contributed by atoms with Gasteiger partial charge < -0.3 is 5.32 Å². The van der Waals surface area contributed by atoms with Gasteiger partial charge >= 0.3 is 0 Å². The Morgan fingerprint density at radius 3 is 2.50 bits per heavy atom. The Balaban J connectivity index is 2.60. The zero-order valence-corrected chi connectivity index (χ0v) is 11.8. The molecule has 0 aromatic heterocycles. The molecule has 0 radical (unpaired) electrons. The molecule has 1 fully saturated rings. The maximum atomic E-state index is 3.68. The first-order valence-electron chi connectivity index (χ1n) is 7.09. The molecule has 0 aromatic carbocycles. The second kappa shape index (κ2) is 6.61. The van der Waals surface area contributed by atoms with Gasteiger partial charge in [0.2, 0.25) is 0 Å². The van der Waals surface area contributed by atoms with E-state index in [4.69, 9.17) is 0 Å². The van der Waals surface area contributed by atoms with E-state index in [1.54, 1.807) is 0 Å². The maximum Gasteiger partial charge on any atom is 0.0218 e. The molecule has 3 atom stereocenters. The van der Waals surface area contributed by atoms with Crippen molar-refractivity contribution in [3.63, 3.8) is 0 Å². The molecule has 1 aliphatic rings. The number of nitrogens with zero attached hydrogens (tertiary/aromatic N) is 1. The van der Waals surface area contributed by atoms with Crippen LogP contribution in [0.15, 0.2) is 0 Å². The molecular weight excluding hydrogens is 196 g/mol. The van der Waals surface area contributed by atoms with Crippen LogP contribution < -0.4 is 5.32 Å². The van der Waals surface area contributed by atoms with E-state index in [-0.39, 0.29) is 0 Å². The Kier molecular flexibility index (Phi) is 5.77. The van der Waals surface area contributed by atoms with Crippen LogP contribution >= 0.6 is 0 Å². The van der Waals surface area contributed by atoms with Gasteiger partial charge in [0, 0.05) is 31.2 Å². The number of hydrogen-bond acceptors (Lipinski definition) is 2. The van der Waals surface area contributed by atoms with Crippen LogP contribution in [0.2, 0.25) is 0 Å². The highest BCUT2D eigenvalue weighted by Crippen LogP contribution is 2.20. The standard InChI is InChI=1S/C14H30N2/c1-6-8-13(7-2)16-10-14(11(3)4)15-9-12(16)5/h11-15H,6-10H2,1-5H3. The quantitative estimate of drug-likeness (QED) is 0.775. The summed E-state index contributed by atoms with van der Waals surface area (Å²) in [5, 5.41) is 3.68. The summed E-state index contributed by atoms with van der Waals surface area (Å²) in [5.74, 6) is 0.745. The average molecular weight is 226 g/mol. The molecule has 96 valence electrons. The van der Waals surface area contributed by atoms with Crippen molar-refractivity contribution in [2.24, 2.45) is 5.92 Å². The fraction of sp³-hybridized carbons (Fsp3) is 1.00. The van der Waals surface area contributed by atoms with E-state index in [9.17, 15) is 0 Å². The second-order valence-electron chi connectivity index (χ2n) is 5.66. The molecule has 2 heteroatoms. The molecule has 1 N–H and O–H groups in total. The molecule has 0 aromatic rings. The van der Waals surface area contributed by atoms with Crippen molar-refractivity contribution in [1.82, 2.24) is 10.2 Å². The summed E-state index contributed by atoms with van der Waals surface area (Å²) in [6.07, 6.45) is 3.95. The minimum atomic E-state index is 0.683. The average Bonchev–Trinajstić information content (AvgIpc) is 2.26. The third kappa shape index (κ3) is 3.46. The first-order valence-corrected chi connectivity index (χ1v) is 7.09. The van der Waals surface area contributed by atoms with Gasteiger partial charge in [0.05, 0.1) is 0 Å². The van der Waals surface area contributed by atoms with Gasteiger partial charge in [-0.2, -0.15) is 0 Å². The topological polar surface area (TPSA) is 15.3 Å². The fourth-order valence-electron chi connectivity index (χ4n) is 2.80. The van der Waals surface area contributed by atoms with E-state index in [0.29, 0.717) is 12.1 Å². The van der Waals surface area contributed by atoms with Crippen LogP contribution in [0.3, 0.4) is 0 Å². The van der Waals surface area contributed by atoms with Crippen LogP contribution in [-0.2, 0) is 0 Å². The summed E-state index contributed by atoms with van der Waals surface area (Å²) in [6, 6.07) is 2.18. The molecule has 0 spiro atoms. The predicted octanol–water partition coefficient (Wildman–Crippen LogP) is 2.88. The molecule has 0 amide bonds. The summed E-state index contributed by atoms with van der Waals surface area (Å²) in [6.45, 7) is 14.0. The Bertz CT molecular complexity index is 191. The Morgan fingerprint density at radius 2 is 2.00 bits per heavy atom. The van der Waals surface area contributed by atoms with Gasteiger partial charge in [0.25, 0.3) is 0 Å². The highest BCUT2D eigenvalue weighted by molar-refractivity contribution is 4.88. The number of hydrogen-bond donors (Lipinski definition) is 1. The lowest BCUT2D eigenvalue weighted by Crippen LogP contribution is -2.59. The van der Waals surface area contributed by atoms with Crippen molar-refractivity contribution in [2.45, 2.75) is 72.0 Å². The molecule has 0 bridgehead atoms. The van der Waals surface area contributed by atoms with Gasteiger partial charge in [-0.15, -0.1) is 0 Å². The summed E-state index contributed by atoms with van der Waals surface area (Å²) in [7, 11) is 0. The SMILES string of the molecule is CCCC(CC)N1CC(C(C)C)NCC1C. The summed E-state index contributed by atoms with van der Waals surface area (Å²) < 4.78 is 0. The van der Waals surface area contributed by atoms with Crippen LogP contribution in [0.1, 0.15) is 53.9 Å². The van der Waals surface area contributed by atoms with Gasteiger partial charge in [-0.1, -0.05) is 34.1 Å². The molecule has 0 aliphatic carbocycles. The van der Waals surface area contributed by atoms with Crippen molar-refractivity contribution in [3.05, 3.63) is 0 Å². The monoisotopic (exact) mass is 226 g/mol. The third-order valence-corrected chi connectivity index (χ3v) is 4.02. The molecule has 0 saturated carbocycles. The van der Waals surface area contributed by atoms with E-state index >= 15 is 0 Å². The summed E-state index contributed by atoms with van der Waals surface area (Å²) in [5.41, 5.74) is 0. The molecule has 2 nitrogen and oxygen atoms in total. The first-order chi connectivity index (χ1) is 7.60. The Morgan fingerprint density at radius 1 is 1.31 bits per heavy atom. The maximum absolute atomic E-state index is 3.68. The lowest BCUT2D eigenvalue weighted by Gasteiger charge is -2.44. The molecule has 1 aliphatic heterocycles. The first kappa shape index (κ1) is 14.0. The zero-order valence-electron chi connectivity index (χ0n) is 11.8. The van der Waals surface area contributed by atoms with Crippen molar-refractivity contribution < 1.29 is 0 Å². The van der Waals surface area contributed by atoms with Crippen molar-refractivity contribution in [1.29, 1.82) is 0 Å². The van der Waals surface area contributed by atoms with E-state index in [0.717, 1.165) is 18.5 Å². The number of nitrogens with one attached hydrogen (secondary N) is 1. The van der Waals surface area contributed by atoms with Crippen molar-refractivity contribution in [2.75, 3.05) is 13.1 Å². The van der Waals surface area contributed by atoms with Crippen molar-refractivity contribution >= 4 is 0 Å². The predicted molar refractivity (Wildman–Crippen MR) is 71.8 cm³/mol. The van der Waals surface area contributed by atoms with Crippen LogP contribution in [0.5, 0.6) is 0 Å². The van der Waals surface area contributed by atoms with Crippen LogP contribution in [0.4, 0.5) is 0 Å². The Labute approximate surface area is 102 Å². The lowest BCUT2D eigenvalue weighted by atomic mass is 9.96. The zero-order chi connectivity index (χ0) is 12.1. The molecule has 1 saturated heterocycles. The molecule has 1 heterocycles.